The highest BCUT2D eigenvalue weighted by molar-refractivity contribution is 6.32. The Morgan fingerprint density at radius 1 is 1.30 bits per heavy atom. The van der Waals surface area contributed by atoms with Gasteiger partial charge in [0.25, 0.3) is 5.91 Å². The average molecular weight is 428 g/mol. The van der Waals surface area contributed by atoms with Gasteiger partial charge in [-0.1, -0.05) is 17.7 Å². The zero-order chi connectivity index (χ0) is 21.1. The number of aromatic amines is 1. The first-order valence-electron chi connectivity index (χ1n) is 9.53. The summed E-state index contributed by atoms with van der Waals surface area (Å²) in [6, 6.07) is 7.20. The highest BCUT2D eigenvalue weighted by Crippen LogP contribution is 2.42. The average Bonchev–Trinajstić information content (AvgIpc) is 3.14. The number of halogens is 1. The van der Waals surface area contributed by atoms with Crippen LogP contribution < -0.4 is 15.4 Å². The summed E-state index contributed by atoms with van der Waals surface area (Å²) in [5, 5.41) is 6.81. The van der Waals surface area contributed by atoms with Crippen LogP contribution in [0, 0.1) is 0 Å². The molecule has 1 atom stereocenters. The van der Waals surface area contributed by atoms with Crippen LogP contribution in [0.1, 0.15) is 28.4 Å². The molecule has 1 unspecified atom stereocenters. The number of benzene rings is 1. The number of para-hydroxylation sites is 1. The molecule has 0 saturated carbocycles. The van der Waals surface area contributed by atoms with Crippen molar-refractivity contribution >= 4 is 28.9 Å². The van der Waals surface area contributed by atoms with E-state index in [1.54, 1.807) is 32.5 Å². The second kappa shape index (κ2) is 8.73. The van der Waals surface area contributed by atoms with Crippen molar-refractivity contribution in [2.24, 2.45) is 0 Å². The number of H-pyrrole nitrogens is 1. The Balaban J connectivity index is 1.87. The van der Waals surface area contributed by atoms with Gasteiger partial charge in [-0.2, -0.15) is 0 Å². The van der Waals surface area contributed by atoms with Crippen molar-refractivity contribution in [3.8, 4) is 17.1 Å². The van der Waals surface area contributed by atoms with Gasteiger partial charge in [0.2, 0.25) is 0 Å². The van der Waals surface area contributed by atoms with Crippen LogP contribution in [0.25, 0.3) is 11.4 Å². The van der Waals surface area contributed by atoms with Crippen molar-refractivity contribution in [2.75, 3.05) is 32.7 Å². The SMILES string of the molecule is COCCC1CNC(=O)c2c1[nH]c(-c1ccncn1)c2Nc1cccc(Cl)c1OC. The van der Waals surface area contributed by atoms with Crippen LogP contribution in [0.15, 0.2) is 36.8 Å². The molecule has 30 heavy (non-hydrogen) atoms. The number of nitrogens with one attached hydrogen (secondary N) is 3. The fraction of sp³-hybridized carbons (Fsp3) is 0.286. The van der Waals surface area contributed by atoms with Crippen molar-refractivity contribution in [3.05, 3.63) is 53.1 Å². The number of hydrogen-bond donors (Lipinski definition) is 3. The van der Waals surface area contributed by atoms with E-state index in [0.717, 1.165) is 12.1 Å². The van der Waals surface area contributed by atoms with Crippen LogP contribution in [0.5, 0.6) is 5.75 Å². The summed E-state index contributed by atoms with van der Waals surface area (Å²) < 4.78 is 10.7. The van der Waals surface area contributed by atoms with Crippen molar-refractivity contribution < 1.29 is 14.3 Å². The molecule has 9 heteroatoms. The standard InChI is InChI=1S/C21H22ClN5O3/c1-29-9-7-12-10-24-21(28)16-17(12)27-18(14-6-8-23-11-25-14)19(16)26-15-5-3-4-13(22)20(15)30-2/h3-6,8,11-12,26-27H,7,9-10H2,1-2H3,(H,24,28). The zero-order valence-corrected chi connectivity index (χ0v) is 17.4. The van der Waals surface area contributed by atoms with E-state index in [-0.39, 0.29) is 11.8 Å². The summed E-state index contributed by atoms with van der Waals surface area (Å²) in [5.74, 6) is 0.434. The monoisotopic (exact) mass is 427 g/mol. The quantitative estimate of drug-likeness (QED) is 0.531. The number of methoxy groups -OCH3 is 2. The first-order chi connectivity index (χ1) is 14.6. The number of nitrogens with zero attached hydrogens (tertiary/aromatic N) is 2. The molecule has 0 aliphatic carbocycles. The molecule has 2 aromatic heterocycles. The molecule has 4 rings (SSSR count). The molecule has 1 aliphatic rings. The number of amides is 1. The lowest BCUT2D eigenvalue weighted by Gasteiger charge is -2.23. The molecule has 0 radical (unpaired) electrons. The van der Waals surface area contributed by atoms with Crippen molar-refractivity contribution in [3.63, 3.8) is 0 Å². The highest BCUT2D eigenvalue weighted by Gasteiger charge is 2.33. The van der Waals surface area contributed by atoms with Crippen molar-refractivity contribution in [1.29, 1.82) is 0 Å². The normalized spacial score (nSPS) is 15.4. The molecular formula is C21H22ClN5O3. The van der Waals surface area contributed by atoms with E-state index in [9.17, 15) is 4.79 Å². The number of carbonyl (C=O) groups excluding carboxylic acids is 1. The highest BCUT2D eigenvalue weighted by atomic mass is 35.5. The van der Waals surface area contributed by atoms with Gasteiger partial charge >= 0.3 is 0 Å². The molecular weight excluding hydrogens is 406 g/mol. The Bertz CT molecular complexity index is 1050. The second-order valence-electron chi connectivity index (χ2n) is 6.89. The molecule has 3 aromatic rings. The van der Waals surface area contributed by atoms with E-state index in [2.05, 4.69) is 25.6 Å². The topological polar surface area (TPSA) is 101 Å². The molecule has 0 spiro atoms. The van der Waals surface area contributed by atoms with Crippen molar-refractivity contribution in [2.45, 2.75) is 12.3 Å². The molecule has 1 aliphatic heterocycles. The maximum atomic E-state index is 12.9. The maximum Gasteiger partial charge on any atom is 0.255 e. The summed E-state index contributed by atoms with van der Waals surface area (Å²) in [6.45, 7) is 1.13. The Morgan fingerprint density at radius 2 is 2.17 bits per heavy atom. The molecule has 3 N–H and O–H groups in total. The van der Waals surface area contributed by atoms with Gasteiger partial charge in [0.05, 0.1) is 40.5 Å². The summed E-state index contributed by atoms with van der Waals surface area (Å²) in [7, 11) is 3.22. The van der Waals surface area contributed by atoms with Gasteiger partial charge in [-0.05, 0) is 24.6 Å². The van der Waals surface area contributed by atoms with E-state index < -0.39 is 0 Å². The summed E-state index contributed by atoms with van der Waals surface area (Å²) >= 11 is 6.29. The third-order valence-corrected chi connectivity index (χ3v) is 5.41. The minimum absolute atomic E-state index is 0.0926. The Kier molecular flexibility index (Phi) is 5.87. The molecule has 3 heterocycles. The van der Waals surface area contributed by atoms with Crippen molar-refractivity contribution in [1.82, 2.24) is 20.3 Å². The number of hydrogen-bond acceptors (Lipinski definition) is 6. The molecule has 1 aromatic carbocycles. The van der Waals surface area contributed by atoms with Gasteiger partial charge in [-0.3, -0.25) is 4.79 Å². The van der Waals surface area contributed by atoms with Gasteiger partial charge in [-0.25, -0.2) is 9.97 Å². The lowest BCUT2D eigenvalue weighted by molar-refractivity contribution is 0.0935. The number of fused-ring (bicyclic) bond motifs is 1. The third-order valence-electron chi connectivity index (χ3n) is 5.11. The Morgan fingerprint density at radius 3 is 2.90 bits per heavy atom. The van der Waals surface area contributed by atoms with Crippen LogP contribution >= 0.6 is 11.6 Å². The van der Waals surface area contributed by atoms with Crippen LogP contribution in [0.2, 0.25) is 5.02 Å². The van der Waals surface area contributed by atoms with Gasteiger partial charge in [-0.15, -0.1) is 0 Å². The van der Waals surface area contributed by atoms with Crippen LogP contribution in [-0.2, 0) is 4.74 Å². The number of ether oxygens (including phenoxy) is 2. The predicted octanol–water partition coefficient (Wildman–Crippen LogP) is 3.74. The van der Waals surface area contributed by atoms with E-state index in [1.807, 2.05) is 12.1 Å². The Labute approximate surface area is 179 Å². The maximum absolute atomic E-state index is 12.9. The van der Waals surface area contributed by atoms with E-state index in [0.29, 0.717) is 52.2 Å². The molecule has 156 valence electrons. The summed E-state index contributed by atoms with van der Waals surface area (Å²) in [4.78, 5) is 24.7. The smallest absolute Gasteiger partial charge is 0.255 e. The van der Waals surface area contributed by atoms with Crippen LogP contribution in [0.4, 0.5) is 11.4 Å². The molecule has 0 bridgehead atoms. The first-order valence-corrected chi connectivity index (χ1v) is 9.90. The predicted molar refractivity (Wildman–Crippen MR) is 115 cm³/mol. The van der Waals surface area contributed by atoms with Gasteiger partial charge < -0.3 is 25.1 Å². The Hall–Kier alpha value is -3.10. The van der Waals surface area contributed by atoms with Crippen LogP contribution in [0.3, 0.4) is 0 Å². The zero-order valence-electron chi connectivity index (χ0n) is 16.7. The summed E-state index contributed by atoms with van der Waals surface area (Å²) in [6.07, 6.45) is 3.91. The fourth-order valence-corrected chi connectivity index (χ4v) is 3.93. The second-order valence-corrected chi connectivity index (χ2v) is 7.30. The molecule has 8 nitrogen and oxygen atoms in total. The van der Waals surface area contributed by atoms with E-state index in [4.69, 9.17) is 21.1 Å². The van der Waals surface area contributed by atoms with Gasteiger partial charge in [0.1, 0.15) is 6.33 Å². The lowest BCUT2D eigenvalue weighted by atomic mass is 9.94. The lowest BCUT2D eigenvalue weighted by Crippen LogP contribution is -2.35. The number of aromatic nitrogens is 3. The largest absolute Gasteiger partial charge is 0.493 e. The number of rotatable bonds is 7. The number of anilines is 2. The third kappa shape index (κ3) is 3.71. The first kappa shape index (κ1) is 20.2. The minimum Gasteiger partial charge on any atom is -0.493 e. The van der Waals surface area contributed by atoms with Gasteiger partial charge in [0, 0.05) is 38.1 Å². The minimum atomic E-state index is -0.154. The molecule has 0 fully saturated rings. The summed E-state index contributed by atoms with van der Waals surface area (Å²) in [5.41, 5.74) is 4.04. The van der Waals surface area contributed by atoms with E-state index in [1.165, 1.54) is 6.33 Å². The van der Waals surface area contributed by atoms with E-state index >= 15 is 0 Å². The fourth-order valence-electron chi connectivity index (χ4n) is 3.68. The number of carbonyl (C=O) groups is 1. The molecule has 1 amide bonds. The van der Waals surface area contributed by atoms with Gasteiger partial charge in [0.15, 0.2) is 5.75 Å². The van der Waals surface area contributed by atoms with Crippen LogP contribution in [-0.4, -0.2) is 48.2 Å². The molecule has 0 saturated heterocycles.